The number of halogens is 2. The Morgan fingerprint density at radius 2 is 2.00 bits per heavy atom. The van der Waals surface area contributed by atoms with E-state index in [1.807, 2.05) is 13.0 Å². The molecule has 4 heteroatoms. The number of aryl methyl sites for hydroxylation is 2. The molecule has 0 fully saturated rings. The zero-order chi connectivity index (χ0) is 12.6. The summed E-state index contributed by atoms with van der Waals surface area (Å²) in [5.74, 6) is 1.32. The van der Waals surface area contributed by atoms with Gasteiger partial charge in [0.05, 0.1) is 10.6 Å². The van der Waals surface area contributed by atoms with Gasteiger partial charge in [0, 0.05) is 9.13 Å². The molecule has 2 aromatic rings. The third-order valence-electron chi connectivity index (χ3n) is 2.47. The van der Waals surface area contributed by atoms with Crippen LogP contribution in [-0.4, -0.2) is 5.78 Å². The molecule has 0 unspecified atom stereocenters. The van der Waals surface area contributed by atoms with Crippen molar-refractivity contribution in [3.63, 3.8) is 0 Å². The first-order valence-electron chi connectivity index (χ1n) is 5.06. The monoisotopic (exact) mass is 360 g/mol. The molecule has 0 spiro atoms. The normalized spacial score (nSPS) is 10.6. The second kappa shape index (κ2) is 4.82. The van der Waals surface area contributed by atoms with Crippen molar-refractivity contribution in [1.29, 1.82) is 0 Å². The first-order valence-corrected chi connectivity index (χ1v) is 6.51. The van der Waals surface area contributed by atoms with E-state index in [0.717, 1.165) is 9.33 Å². The number of ketones is 1. The Morgan fingerprint density at radius 3 is 2.53 bits per heavy atom. The van der Waals surface area contributed by atoms with Crippen molar-refractivity contribution >= 4 is 40.0 Å². The minimum absolute atomic E-state index is 0.0577. The lowest BCUT2D eigenvalue weighted by Crippen LogP contribution is -2.01. The number of benzene rings is 1. The summed E-state index contributed by atoms with van der Waals surface area (Å²) in [5.41, 5.74) is 1.18. The zero-order valence-corrected chi connectivity index (χ0v) is 12.3. The van der Waals surface area contributed by atoms with Gasteiger partial charge < -0.3 is 4.42 Å². The number of carbonyl (C=O) groups excluding carboxylic acids is 1. The largest absolute Gasteiger partial charge is 0.466 e. The predicted octanol–water partition coefficient (Wildman–Crippen LogP) is 4.39. The van der Waals surface area contributed by atoms with Gasteiger partial charge in [0.15, 0.2) is 5.78 Å². The first kappa shape index (κ1) is 12.6. The van der Waals surface area contributed by atoms with Gasteiger partial charge in [-0.25, -0.2) is 0 Å². The van der Waals surface area contributed by atoms with E-state index in [1.54, 1.807) is 25.1 Å². The summed E-state index contributed by atoms with van der Waals surface area (Å²) in [6, 6.07) is 7.05. The molecule has 17 heavy (non-hydrogen) atoms. The van der Waals surface area contributed by atoms with Crippen LogP contribution < -0.4 is 0 Å². The van der Waals surface area contributed by atoms with Crippen LogP contribution in [0.25, 0.3) is 0 Å². The van der Waals surface area contributed by atoms with Crippen molar-refractivity contribution in [3.8, 4) is 0 Å². The highest BCUT2D eigenvalue weighted by molar-refractivity contribution is 14.1. The Bertz CT molecular complexity index is 587. The van der Waals surface area contributed by atoms with E-state index in [2.05, 4.69) is 22.6 Å². The summed E-state index contributed by atoms with van der Waals surface area (Å²) >= 11 is 8.14. The van der Waals surface area contributed by atoms with Gasteiger partial charge in [0.1, 0.15) is 11.5 Å². The number of hydrogen-bond acceptors (Lipinski definition) is 2. The molecule has 1 heterocycles. The third kappa shape index (κ3) is 2.55. The summed E-state index contributed by atoms with van der Waals surface area (Å²) < 4.78 is 6.29. The Balaban J connectivity index is 2.44. The van der Waals surface area contributed by atoms with Crippen LogP contribution in [0.4, 0.5) is 0 Å². The van der Waals surface area contributed by atoms with E-state index in [9.17, 15) is 4.79 Å². The zero-order valence-electron chi connectivity index (χ0n) is 9.38. The molecular formula is C13H10ClIO2. The van der Waals surface area contributed by atoms with E-state index in [0.29, 0.717) is 21.9 Å². The molecule has 0 N–H and O–H groups in total. The molecule has 2 nitrogen and oxygen atoms in total. The average molecular weight is 361 g/mol. The standard InChI is InChI=1S/C13H10ClIO2/c1-7-5-10(8(2)17-7)13(16)9-3-4-12(15)11(14)6-9/h3-6H,1-2H3. The fraction of sp³-hybridized carbons (Fsp3) is 0.154. The van der Waals surface area contributed by atoms with E-state index < -0.39 is 0 Å². The van der Waals surface area contributed by atoms with Crippen LogP contribution >= 0.6 is 34.2 Å². The van der Waals surface area contributed by atoms with Gasteiger partial charge in [-0.3, -0.25) is 4.79 Å². The maximum Gasteiger partial charge on any atom is 0.196 e. The molecule has 0 saturated heterocycles. The second-order valence-corrected chi connectivity index (χ2v) is 5.35. The van der Waals surface area contributed by atoms with Crippen molar-refractivity contribution in [2.24, 2.45) is 0 Å². The van der Waals surface area contributed by atoms with Crippen LogP contribution in [0, 0.1) is 17.4 Å². The summed E-state index contributed by atoms with van der Waals surface area (Å²) in [7, 11) is 0. The van der Waals surface area contributed by atoms with Gasteiger partial charge in [-0.1, -0.05) is 11.6 Å². The van der Waals surface area contributed by atoms with Crippen molar-refractivity contribution in [2.45, 2.75) is 13.8 Å². The molecule has 0 bridgehead atoms. The topological polar surface area (TPSA) is 30.2 Å². The fourth-order valence-corrected chi connectivity index (χ4v) is 2.17. The highest BCUT2D eigenvalue weighted by atomic mass is 127. The molecule has 0 atom stereocenters. The Kier molecular flexibility index (Phi) is 3.58. The van der Waals surface area contributed by atoms with Crippen molar-refractivity contribution < 1.29 is 9.21 Å². The molecule has 88 valence electrons. The SMILES string of the molecule is Cc1cc(C(=O)c2ccc(I)c(Cl)c2)c(C)o1. The molecule has 0 saturated carbocycles. The summed E-state index contributed by atoms with van der Waals surface area (Å²) in [5, 5.41) is 0.592. The number of rotatable bonds is 2. The lowest BCUT2D eigenvalue weighted by atomic mass is 10.0. The number of hydrogen-bond donors (Lipinski definition) is 0. The highest BCUT2D eigenvalue weighted by Gasteiger charge is 2.16. The molecule has 1 aromatic carbocycles. The van der Waals surface area contributed by atoms with Gasteiger partial charge in [-0.05, 0) is 60.7 Å². The van der Waals surface area contributed by atoms with Crippen LogP contribution in [0.2, 0.25) is 5.02 Å². The van der Waals surface area contributed by atoms with Crippen LogP contribution in [0.1, 0.15) is 27.4 Å². The quantitative estimate of drug-likeness (QED) is 0.587. The highest BCUT2D eigenvalue weighted by Crippen LogP contribution is 2.23. The summed E-state index contributed by atoms with van der Waals surface area (Å²) in [6.07, 6.45) is 0. The minimum atomic E-state index is -0.0577. The van der Waals surface area contributed by atoms with Crippen LogP contribution in [-0.2, 0) is 0 Å². The lowest BCUT2D eigenvalue weighted by Gasteiger charge is -2.01. The molecular weight excluding hydrogens is 350 g/mol. The maximum atomic E-state index is 12.2. The molecule has 2 rings (SSSR count). The van der Waals surface area contributed by atoms with Crippen molar-refractivity contribution in [2.75, 3.05) is 0 Å². The van der Waals surface area contributed by atoms with E-state index in [-0.39, 0.29) is 5.78 Å². The molecule has 1 aromatic heterocycles. The van der Waals surface area contributed by atoms with E-state index in [4.69, 9.17) is 16.0 Å². The van der Waals surface area contributed by atoms with Crippen LogP contribution in [0.15, 0.2) is 28.7 Å². The van der Waals surface area contributed by atoms with Crippen molar-refractivity contribution in [1.82, 2.24) is 0 Å². The smallest absolute Gasteiger partial charge is 0.196 e. The maximum absolute atomic E-state index is 12.2. The van der Waals surface area contributed by atoms with E-state index >= 15 is 0 Å². The lowest BCUT2D eigenvalue weighted by molar-refractivity contribution is 0.103. The van der Waals surface area contributed by atoms with Crippen molar-refractivity contribution in [3.05, 3.63) is 55.5 Å². The molecule has 0 amide bonds. The Labute approximate surface area is 118 Å². The molecule has 0 aliphatic rings. The minimum Gasteiger partial charge on any atom is -0.466 e. The van der Waals surface area contributed by atoms with Gasteiger partial charge in [-0.15, -0.1) is 0 Å². The molecule has 0 radical (unpaired) electrons. The predicted molar refractivity (Wildman–Crippen MR) is 75.8 cm³/mol. The average Bonchev–Trinajstić information content (AvgIpc) is 2.61. The van der Waals surface area contributed by atoms with Gasteiger partial charge in [0.25, 0.3) is 0 Å². The van der Waals surface area contributed by atoms with Gasteiger partial charge in [0.2, 0.25) is 0 Å². The summed E-state index contributed by atoms with van der Waals surface area (Å²) in [4.78, 5) is 12.2. The molecule has 0 aliphatic heterocycles. The van der Waals surface area contributed by atoms with E-state index in [1.165, 1.54) is 0 Å². The fourth-order valence-electron chi connectivity index (χ4n) is 1.65. The molecule has 0 aliphatic carbocycles. The number of furan rings is 1. The number of carbonyl (C=O) groups is 1. The van der Waals surface area contributed by atoms with Gasteiger partial charge >= 0.3 is 0 Å². The Hall–Kier alpha value is -0.810. The Morgan fingerprint density at radius 1 is 1.29 bits per heavy atom. The van der Waals surface area contributed by atoms with Gasteiger partial charge in [-0.2, -0.15) is 0 Å². The summed E-state index contributed by atoms with van der Waals surface area (Å²) in [6.45, 7) is 3.61. The third-order valence-corrected chi connectivity index (χ3v) is 4.04. The van der Waals surface area contributed by atoms with Crippen LogP contribution in [0.3, 0.4) is 0 Å². The first-order chi connectivity index (χ1) is 7.99. The van der Waals surface area contributed by atoms with Crippen LogP contribution in [0.5, 0.6) is 0 Å². The second-order valence-electron chi connectivity index (χ2n) is 3.78.